The Bertz CT molecular complexity index is 564. The number of hydrogen-bond donors (Lipinski definition) is 0. The fraction of sp³-hybridized carbons (Fsp3) is 0.385. The van der Waals surface area contributed by atoms with E-state index >= 15 is 0 Å². The fourth-order valence-electron chi connectivity index (χ4n) is 2.28. The summed E-state index contributed by atoms with van der Waals surface area (Å²) in [6.07, 6.45) is 3.04. The van der Waals surface area contributed by atoms with E-state index in [1.165, 1.54) is 12.1 Å². The third kappa shape index (κ3) is 2.61. The van der Waals surface area contributed by atoms with E-state index in [9.17, 15) is 4.39 Å². The van der Waals surface area contributed by atoms with Crippen molar-refractivity contribution < 1.29 is 13.9 Å². The number of benzene rings is 1. The lowest BCUT2D eigenvalue weighted by molar-refractivity contribution is -0.0831. The van der Waals surface area contributed by atoms with Gasteiger partial charge < -0.3 is 9.47 Å². The first-order valence-corrected chi connectivity index (χ1v) is 7.29. The zero-order valence-electron chi connectivity index (χ0n) is 10.6. The molecule has 2 atom stereocenters. The Morgan fingerprint density at radius 2 is 2.20 bits per heavy atom. The van der Waals surface area contributed by atoms with E-state index in [1.54, 1.807) is 29.2 Å². The number of hydrogen-bond acceptors (Lipinski definition) is 4. The molecule has 5 nitrogen and oxygen atoms in total. The van der Waals surface area contributed by atoms with E-state index in [0.717, 1.165) is 5.56 Å². The second-order valence-electron chi connectivity index (χ2n) is 4.61. The molecule has 0 amide bonds. The molecule has 2 unspecified atom stereocenters. The van der Waals surface area contributed by atoms with E-state index in [0.29, 0.717) is 18.5 Å². The first kappa shape index (κ1) is 13.7. The Morgan fingerprint density at radius 1 is 1.40 bits per heavy atom. The molecule has 0 saturated carbocycles. The molecule has 2 heterocycles. The highest BCUT2D eigenvalue weighted by Gasteiger charge is 2.43. The molecular weight excluding hydrogens is 329 g/mol. The van der Waals surface area contributed by atoms with Gasteiger partial charge in [-0.3, -0.25) is 0 Å². The van der Waals surface area contributed by atoms with Gasteiger partial charge in [0.15, 0.2) is 6.29 Å². The Kier molecular flexibility index (Phi) is 3.82. The second-order valence-corrected chi connectivity index (χ2v) is 5.26. The highest BCUT2D eigenvalue weighted by atomic mass is 79.9. The number of alkyl halides is 1. The van der Waals surface area contributed by atoms with Gasteiger partial charge in [-0.05, 0) is 17.7 Å². The molecular formula is C13H13BrFN3O2. The summed E-state index contributed by atoms with van der Waals surface area (Å²) in [5.74, 6) is -0.277. The molecule has 1 aromatic heterocycles. The topological polar surface area (TPSA) is 49.2 Å². The molecule has 0 spiro atoms. The molecule has 2 aromatic rings. The zero-order chi connectivity index (χ0) is 14.0. The summed E-state index contributed by atoms with van der Waals surface area (Å²) in [7, 11) is 0. The minimum Gasteiger partial charge on any atom is -0.348 e. The lowest BCUT2D eigenvalue weighted by Gasteiger charge is -2.27. The molecule has 1 aromatic carbocycles. The van der Waals surface area contributed by atoms with Gasteiger partial charge in [0.25, 0.3) is 0 Å². The fourth-order valence-corrected chi connectivity index (χ4v) is 2.60. The molecule has 0 aliphatic carbocycles. The Balaban J connectivity index is 1.93. The SMILES string of the molecule is Fc1ccc(C2(Cn3ccnn3)COC(CBr)O2)cc1. The van der Waals surface area contributed by atoms with E-state index < -0.39 is 5.60 Å². The minimum absolute atomic E-state index is 0.277. The number of halogens is 2. The van der Waals surface area contributed by atoms with Gasteiger partial charge in [-0.25, -0.2) is 9.07 Å². The van der Waals surface area contributed by atoms with Crippen LogP contribution in [0.15, 0.2) is 36.7 Å². The molecule has 7 heteroatoms. The minimum atomic E-state index is -0.681. The molecule has 1 aliphatic heterocycles. The van der Waals surface area contributed by atoms with Crippen LogP contribution in [0, 0.1) is 5.82 Å². The third-order valence-electron chi connectivity index (χ3n) is 3.25. The largest absolute Gasteiger partial charge is 0.348 e. The summed E-state index contributed by atoms with van der Waals surface area (Å²) in [6, 6.07) is 6.27. The summed E-state index contributed by atoms with van der Waals surface area (Å²) in [5.41, 5.74) is 0.178. The predicted octanol–water partition coefficient (Wildman–Crippen LogP) is 2.08. The number of aromatic nitrogens is 3. The van der Waals surface area contributed by atoms with Crippen molar-refractivity contribution in [1.82, 2.24) is 15.0 Å². The predicted molar refractivity (Wildman–Crippen MR) is 72.7 cm³/mol. The molecule has 1 aliphatic rings. The third-order valence-corrected chi connectivity index (χ3v) is 3.77. The number of nitrogens with zero attached hydrogens (tertiary/aromatic N) is 3. The standard InChI is InChI=1S/C13H13BrFN3O2/c14-7-12-19-9-13(20-12,8-18-6-5-16-17-18)10-1-3-11(15)4-2-10/h1-6,12H,7-9H2. The Labute approximate surface area is 123 Å². The van der Waals surface area contributed by atoms with Crippen molar-refractivity contribution in [3.63, 3.8) is 0 Å². The first-order chi connectivity index (χ1) is 9.72. The smallest absolute Gasteiger partial charge is 0.168 e. The van der Waals surface area contributed by atoms with Crippen molar-refractivity contribution in [2.45, 2.75) is 18.4 Å². The monoisotopic (exact) mass is 341 g/mol. The van der Waals surface area contributed by atoms with Gasteiger partial charge >= 0.3 is 0 Å². The van der Waals surface area contributed by atoms with Crippen molar-refractivity contribution in [2.75, 3.05) is 11.9 Å². The van der Waals surface area contributed by atoms with Crippen LogP contribution in [0.2, 0.25) is 0 Å². The van der Waals surface area contributed by atoms with Gasteiger partial charge in [0, 0.05) is 6.20 Å². The van der Waals surface area contributed by atoms with E-state index in [1.807, 2.05) is 0 Å². The van der Waals surface area contributed by atoms with Gasteiger partial charge in [0.1, 0.15) is 11.4 Å². The molecule has 0 N–H and O–H groups in total. The maximum atomic E-state index is 13.1. The summed E-state index contributed by atoms with van der Waals surface area (Å²) < 4.78 is 26.4. The lowest BCUT2D eigenvalue weighted by atomic mass is 9.94. The highest BCUT2D eigenvalue weighted by Crippen LogP contribution is 2.35. The average Bonchev–Trinajstić information content (AvgIpc) is 3.10. The quantitative estimate of drug-likeness (QED) is 0.799. The summed E-state index contributed by atoms with van der Waals surface area (Å²) in [4.78, 5) is 0. The van der Waals surface area contributed by atoms with Crippen LogP contribution < -0.4 is 0 Å². The van der Waals surface area contributed by atoms with E-state index in [4.69, 9.17) is 9.47 Å². The van der Waals surface area contributed by atoms with Crippen LogP contribution in [0.25, 0.3) is 0 Å². The molecule has 0 radical (unpaired) electrons. The summed E-state index contributed by atoms with van der Waals surface area (Å²) >= 11 is 3.35. The molecule has 3 rings (SSSR count). The van der Waals surface area contributed by atoms with Crippen LogP contribution in [0.4, 0.5) is 4.39 Å². The van der Waals surface area contributed by atoms with Gasteiger partial charge in [-0.15, -0.1) is 5.10 Å². The summed E-state index contributed by atoms with van der Waals surface area (Å²) in [5, 5.41) is 8.33. The van der Waals surface area contributed by atoms with Crippen LogP contribution >= 0.6 is 15.9 Å². The van der Waals surface area contributed by atoms with Crippen molar-refractivity contribution in [3.8, 4) is 0 Å². The summed E-state index contributed by atoms with van der Waals surface area (Å²) in [6.45, 7) is 0.844. The van der Waals surface area contributed by atoms with Gasteiger partial charge in [0.05, 0.1) is 24.7 Å². The van der Waals surface area contributed by atoms with Crippen LogP contribution in [0.3, 0.4) is 0 Å². The Hall–Kier alpha value is -1.31. The molecule has 106 valence electrons. The van der Waals surface area contributed by atoms with Crippen molar-refractivity contribution in [3.05, 3.63) is 48.0 Å². The lowest BCUT2D eigenvalue weighted by Crippen LogP contribution is -2.35. The zero-order valence-corrected chi connectivity index (χ0v) is 12.2. The second kappa shape index (κ2) is 5.59. The van der Waals surface area contributed by atoms with Crippen molar-refractivity contribution in [1.29, 1.82) is 0 Å². The first-order valence-electron chi connectivity index (χ1n) is 6.17. The maximum absolute atomic E-state index is 13.1. The highest BCUT2D eigenvalue weighted by molar-refractivity contribution is 9.09. The Morgan fingerprint density at radius 3 is 2.80 bits per heavy atom. The normalized spacial score (nSPS) is 26.0. The maximum Gasteiger partial charge on any atom is 0.168 e. The molecule has 20 heavy (non-hydrogen) atoms. The van der Waals surface area contributed by atoms with Crippen LogP contribution in [-0.2, 0) is 21.6 Å². The van der Waals surface area contributed by atoms with Crippen LogP contribution in [-0.4, -0.2) is 33.2 Å². The van der Waals surface area contributed by atoms with Crippen molar-refractivity contribution in [2.24, 2.45) is 0 Å². The van der Waals surface area contributed by atoms with Crippen LogP contribution in [0.1, 0.15) is 5.56 Å². The van der Waals surface area contributed by atoms with Gasteiger partial charge in [-0.2, -0.15) is 0 Å². The van der Waals surface area contributed by atoms with Crippen LogP contribution in [0.5, 0.6) is 0 Å². The van der Waals surface area contributed by atoms with E-state index in [-0.39, 0.29) is 12.1 Å². The number of rotatable bonds is 4. The average molecular weight is 342 g/mol. The molecule has 1 saturated heterocycles. The van der Waals surface area contributed by atoms with Gasteiger partial charge in [-0.1, -0.05) is 33.3 Å². The van der Waals surface area contributed by atoms with E-state index in [2.05, 4.69) is 26.2 Å². The van der Waals surface area contributed by atoms with Gasteiger partial charge in [0.2, 0.25) is 0 Å². The molecule has 0 bridgehead atoms. The molecule has 1 fully saturated rings. The van der Waals surface area contributed by atoms with Crippen molar-refractivity contribution >= 4 is 15.9 Å². The number of ether oxygens (including phenoxy) is 2.